The average Bonchev–Trinajstić information content (AvgIpc) is 2.90. The van der Waals surface area contributed by atoms with Crippen molar-refractivity contribution >= 4 is 20.9 Å². The molecule has 2 aromatic rings. The lowest BCUT2D eigenvalue weighted by Gasteiger charge is -2.10. The highest BCUT2D eigenvalue weighted by atomic mass is 32.2. The predicted molar refractivity (Wildman–Crippen MR) is 99.1 cm³/mol. The standard InChI is InChI=1S/C18H29N3O2S/c1-4-6-9-17-20-16-14-19-13-15(3)18(16)21(17)10-8-12-24(22,23)11-7-5-2/h13-14H,4-12H2,1-3H3. The van der Waals surface area contributed by atoms with E-state index in [1.807, 2.05) is 20.0 Å². The van der Waals surface area contributed by atoms with Gasteiger partial charge in [0.15, 0.2) is 0 Å². The van der Waals surface area contributed by atoms with Crippen LogP contribution in [0.5, 0.6) is 0 Å². The molecule has 2 heterocycles. The maximum atomic E-state index is 12.1. The van der Waals surface area contributed by atoms with Crippen LogP contribution in [0.15, 0.2) is 12.4 Å². The Bertz CT molecular complexity index is 766. The number of fused-ring (bicyclic) bond motifs is 1. The minimum Gasteiger partial charge on any atom is -0.328 e. The van der Waals surface area contributed by atoms with Crippen LogP contribution >= 0.6 is 0 Å². The Balaban J connectivity index is 2.17. The van der Waals surface area contributed by atoms with Gasteiger partial charge in [-0.15, -0.1) is 0 Å². The Kier molecular flexibility index (Phi) is 6.78. The van der Waals surface area contributed by atoms with E-state index in [9.17, 15) is 8.42 Å². The Morgan fingerprint density at radius 1 is 1.04 bits per heavy atom. The fraction of sp³-hybridized carbons (Fsp3) is 0.667. The molecule has 2 aromatic heterocycles. The Morgan fingerprint density at radius 3 is 2.46 bits per heavy atom. The van der Waals surface area contributed by atoms with Gasteiger partial charge in [-0.2, -0.15) is 0 Å². The molecule has 0 amide bonds. The van der Waals surface area contributed by atoms with E-state index in [0.717, 1.165) is 54.5 Å². The molecular weight excluding hydrogens is 322 g/mol. The number of sulfone groups is 1. The average molecular weight is 352 g/mol. The second-order valence-corrected chi connectivity index (χ2v) is 8.77. The van der Waals surface area contributed by atoms with Gasteiger partial charge in [-0.25, -0.2) is 13.4 Å². The lowest BCUT2D eigenvalue weighted by Crippen LogP contribution is -2.14. The van der Waals surface area contributed by atoms with Crippen molar-refractivity contribution in [3.05, 3.63) is 23.8 Å². The Labute approximate surface area is 145 Å². The SMILES string of the molecule is CCCCc1nc2cncc(C)c2n1CCCS(=O)(=O)CCCC. The molecule has 0 bridgehead atoms. The van der Waals surface area contributed by atoms with Crippen LogP contribution in [0, 0.1) is 6.92 Å². The first-order valence-electron chi connectivity index (χ1n) is 8.98. The summed E-state index contributed by atoms with van der Waals surface area (Å²) in [5.74, 6) is 1.61. The summed E-state index contributed by atoms with van der Waals surface area (Å²) in [6.45, 7) is 6.92. The summed E-state index contributed by atoms with van der Waals surface area (Å²) in [5.41, 5.74) is 3.11. The van der Waals surface area contributed by atoms with E-state index in [4.69, 9.17) is 4.98 Å². The van der Waals surface area contributed by atoms with Crippen LogP contribution in [-0.2, 0) is 22.8 Å². The van der Waals surface area contributed by atoms with Crippen LogP contribution in [0.3, 0.4) is 0 Å². The van der Waals surface area contributed by atoms with Crippen molar-refractivity contribution in [1.29, 1.82) is 0 Å². The Morgan fingerprint density at radius 2 is 1.75 bits per heavy atom. The van der Waals surface area contributed by atoms with Gasteiger partial charge in [0.25, 0.3) is 0 Å². The first kappa shape index (κ1) is 18.9. The quantitative estimate of drug-likeness (QED) is 0.655. The molecule has 0 radical (unpaired) electrons. The molecule has 24 heavy (non-hydrogen) atoms. The fourth-order valence-corrected chi connectivity index (χ4v) is 4.48. The van der Waals surface area contributed by atoms with Gasteiger partial charge in [0.2, 0.25) is 0 Å². The molecule has 0 unspecified atom stereocenters. The molecule has 0 saturated heterocycles. The van der Waals surface area contributed by atoms with Gasteiger partial charge in [-0.05, 0) is 31.7 Å². The molecule has 134 valence electrons. The molecule has 5 nitrogen and oxygen atoms in total. The van der Waals surface area contributed by atoms with Crippen molar-refractivity contribution in [3.8, 4) is 0 Å². The van der Waals surface area contributed by atoms with E-state index in [-0.39, 0.29) is 5.75 Å². The molecule has 0 aliphatic rings. The number of aromatic nitrogens is 3. The third-order valence-electron chi connectivity index (χ3n) is 4.31. The topological polar surface area (TPSA) is 64.8 Å². The molecule has 0 fully saturated rings. The smallest absolute Gasteiger partial charge is 0.150 e. The van der Waals surface area contributed by atoms with Gasteiger partial charge < -0.3 is 4.57 Å². The van der Waals surface area contributed by atoms with Crippen molar-refractivity contribution in [3.63, 3.8) is 0 Å². The second-order valence-electron chi connectivity index (χ2n) is 6.47. The fourth-order valence-electron chi connectivity index (χ4n) is 2.98. The number of rotatable bonds is 10. The summed E-state index contributed by atoms with van der Waals surface area (Å²) in [7, 11) is -2.94. The normalized spacial score (nSPS) is 12.1. The van der Waals surface area contributed by atoms with Gasteiger partial charge in [0, 0.05) is 19.2 Å². The van der Waals surface area contributed by atoms with Gasteiger partial charge in [0.05, 0.1) is 23.2 Å². The van der Waals surface area contributed by atoms with Gasteiger partial charge in [0.1, 0.15) is 21.2 Å². The maximum absolute atomic E-state index is 12.1. The summed E-state index contributed by atoms with van der Waals surface area (Å²) in [6, 6.07) is 0. The number of imidazole rings is 1. The molecule has 0 N–H and O–H groups in total. The second kappa shape index (κ2) is 8.60. The zero-order valence-corrected chi connectivity index (χ0v) is 15.9. The van der Waals surface area contributed by atoms with Crippen molar-refractivity contribution < 1.29 is 8.42 Å². The van der Waals surface area contributed by atoms with Crippen LogP contribution in [-0.4, -0.2) is 34.5 Å². The number of nitrogens with zero attached hydrogens (tertiary/aromatic N) is 3. The lowest BCUT2D eigenvalue weighted by molar-refractivity contribution is 0.580. The van der Waals surface area contributed by atoms with Gasteiger partial charge >= 0.3 is 0 Å². The molecule has 0 spiro atoms. The number of hydrogen-bond acceptors (Lipinski definition) is 4. The van der Waals surface area contributed by atoms with Crippen LogP contribution in [0.4, 0.5) is 0 Å². The molecule has 0 atom stereocenters. The van der Waals surface area contributed by atoms with Crippen molar-refractivity contribution in [1.82, 2.24) is 14.5 Å². The van der Waals surface area contributed by atoms with E-state index in [0.29, 0.717) is 18.7 Å². The highest BCUT2D eigenvalue weighted by Gasteiger charge is 2.15. The van der Waals surface area contributed by atoms with Crippen LogP contribution in [0.1, 0.15) is 57.3 Å². The Hall–Kier alpha value is -1.43. The van der Waals surface area contributed by atoms with Crippen molar-refractivity contribution in [2.45, 2.75) is 65.8 Å². The molecule has 0 aliphatic heterocycles. The molecule has 0 aliphatic carbocycles. The minimum absolute atomic E-state index is 0.254. The van der Waals surface area contributed by atoms with E-state index in [1.54, 1.807) is 6.20 Å². The molecule has 6 heteroatoms. The summed E-state index contributed by atoms with van der Waals surface area (Å²) < 4.78 is 26.3. The zero-order chi connectivity index (χ0) is 17.6. The molecule has 2 rings (SSSR count). The highest BCUT2D eigenvalue weighted by molar-refractivity contribution is 7.91. The van der Waals surface area contributed by atoms with E-state index in [2.05, 4.69) is 16.5 Å². The first-order valence-corrected chi connectivity index (χ1v) is 10.8. The van der Waals surface area contributed by atoms with Crippen LogP contribution < -0.4 is 0 Å². The van der Waals surface area contributed by atoms with Gasteiger partial charge in [-0.3, -0.25) is 4.98 Å². The van der Waals surface area contributed by atoms with Crippen molar-refractivity contribution in [2.75, 3.05) is 11.5 Å². The minimum atomic E-state index is -2.94. The van der Waals surface area contributed by atoms with E-state index < -0.39 is 9.84 Å². The predicted octanol–water partition coefficient (Wildman–Crippen LogP) is 3.69. The van der Waals surface area contributed by atoms with Gasteiger partial charge in [-0.1, -0.05) is 26.7 Å². The summed E-state index contributed by atoms with van der Waals surface area (Å²) in [6.07, 6.45) is 9.08. The largest absolute Gasteiger partial charge is 0.328 e. The number of unbranched alkanes of at least 4 members (excludes halogenated alkanes) is 2. The summed E-state index contributed by atoms with van der Waals surface area (Å²) in [5, 5.41) is 0. The van der Waals surface area contributed by atoms with E-state index in [1.165, 1.54) is 0 Å². The molecule has 0 saturated carbocycles. The highest BCUT2D eigenvalue weighted by Crippen LogP contribution is 2.21. The monoisotopic (exact) mass is 351 g/mol. The van der Waals surface area contributed by atoms with Crippen molar-refractivity contribution in [2.24, 2.45) is 0 Å². The van der Waals surface area contributed by atoms with Crippen LogP contribution in [0.25, 0.3) is 11.0 Å². The molecule has 0 aromatic carbocycles. The number of hydrogen-bond donors (Lipinski definition) is 0. The molecular formula is C18H29N3O2S. The number of pyridine rings is 1. The summed E-state index contributed by atoms with van der Waals surface area (Å²) in [4.78, 5) is 8.96. The number of aryl methyl sites for hydroxylation is 3. The third-order valence-corrected chi connectivity index (χ3v) is 6.13. The van der Waals surface area contributed by atoms with E-state index >= 15 is 0 Å². The zero-order valence-electron chi connectivity index (χ0n) is 15.1. The lowest BCUT2D eigenvalue weighted by atomic mass is 10.2. The van der Waals surface area contributed by atoms with Crippen LogP contribution in [0.2, 0.25) is 0 Å². The first-order chi connectivity index (χ1) is 11.5. The maximum Gasteiger partial charge on any atom is 0.150 e. The summed E-state index contributed by atoms with van der Waals surface area (Å²) >= 11 is 0. The third kappa shape index (κ3) is 4.79.